The summed E-state index contributed by atoms with van der Waals surface area (Å²) in [6.45, 7) is 5.86. The van der Waals surface area contributed by atoms with Gasteiger partial charge in [0.05, 0.1) is 11.6 Å². The minimum absolute atomic E-state index is 0.147. The van der Waals surface area contributed by atoms with E-state index in [0.717, 1.165) is 32.5 Å². The summed E-state index contributed by atoms with van der Waals surface area (Å²) >= 11 is 8.74. The molecule has 0 bridgehead atoms. The standard InChI is InChI=1S/C20H20BrN3OS/c1-11-4-5-12(2)16(10-11)23-19(25)17-13(3)22-20(26)24-18(17)14-6-8-15(21)9-7-14/h4-10,18H,1-3H3,(H,23,25)(H2,22,24,26). The van der Waals surface area contributed by atoms with Gasteiger partial charge in [0.15, 0.2) is 5.11 Å². The minimum atomic E-state index is -0.304. The number of carbonyl (C=O) groups excluding carboxylic acids is 1. The second kappa shape index (κ2) is 7.60. The van der Waals surface area contributed by atoms with Gasteiger partial charge in [-0.25, -0.2) is 0 Å². The molecule has 1 unspecified atom stereocenters. The van der Waals surface area contributed by atoms with E-state index in [-0.39, 0.29) is 11.9 Å². The van der Waals surface area contributed by atoms with Crippen LogP contribution in [-0.2, 0) is 4.79 Å². The molecule has 2 aromatic carbocycles. The molecule has 1 aliphatic rings. The first-order valence-corrected chi connectivity index (χ1v) is 9.47. The number of rotatable bonds is 3. The van der Waals surface area contributed by atoms with Crippen molar-refractivity contribution in [1.29, 1.82) is 0 Å². The van der Waals surface area contributed by atoms with Gasteiger partial charge >= 0.3 is 0 Å². The molecule has 1 atom stereocenters. The number of aryl methyl sites for hydroxylation is 2. The predicted molar refractivity (Wildman–Crippen MR) is 113 cm³/mol. The van der Waals surface area contributed by atoms with Gasteiger partial charge < -0.3 is 16.0 Å². The topological polar surface area (TPSA) is 53.2 Å². The number of nitrogens with one attached hydrogen (secondary N) is 3. The van der Waals surface area contributed by atoms with Gasteiger partial charge in [0.1, 0.15) is 0 Å². The lowest BCUT2D eigenvalue weighted by molar-refractivity contribution is -0.113. The molecule has 1 aliphatic heterocycles. The van der Waals surface area contributed by atoms with E-state index in [9.17, 15) is 4.79 Å². The maximum atomic E-state index is 13.1. The van der Waals surface area contributed by atoms with E-state index in [1.54, 1.807) is 0 Å². The van der Waals surface area contributed by atoms with Crippen molar-refractivity contribution >= 4 is 44.9 Å². The Morgan fingerprint density at radius 3 is 2.50 bits per heavy atom. The van der Waals surface area contributed by atoms with Gasteiger partial charge in [-0.2, -0.15) is 0 Å². The SMILES string of the molecule is CC1=C(C(=O)Nc2cc(C)ccc2C)C(c2ccc(Br)cc2)NC(=S)N1. The average Bonchev–Trinajstić information content (AvgIpc) is 2.58. The maximum absolute atomic E-state index is 13.1. The van der Waals surface area contributed by atoms with Crippen molar-refractivity contribution in [3.63, 3.8) is 0 Å². The van der Waals surface area contributed by atoms with E-state index < -0.39 is 0 Å². The van der Waals surface area contributed by atoms with Crippen molar-refractivity contribution in [2.45, 2.75) is 26.8 Å². The van der Waals surface area contributed by atoms with Gasteiger partial charge in [-0.1, -0.05) is 40.2 Å². The third-order valence-corrected chi connectivity index (χ3v) is 5.11. The zero-order valence-electron chi connectivity index (χ0n) is 14.8. The number of carbonyl (C=O) groups is 1. The first kappa shape index (κ1) is 18.6. The molecule has 0 saturated carbocycles. The van der Waals surface area contributed by atoms with Gasteiger partial charge in [-0.15, -0.1) is 0 Å². The molecular formula is C20H20BrN3OS. The van der Waals surface area contributed by atoms with Crippen LogP contribution in [0.25, 0.3) is 0 Å². The average molecular weight is 430 g/mol. The number of allylic oxidation sites excluding steroid dienone is 1. The summed E-state index contributed by atoms with van der Waals surface area (Å²) in [6.07, 6.45) is 0. The molecule has 0 radical (unpaired) electrons. The first-order valence-electron chi connectivity index (χ1n) is 8.27. The summed E-state index contributed by atoms with van der Waals surface area (Å²) in [5.41, 5.74) is 5.30. The van der Waals surface area contributed by atoms with Gasteiger partial charge in [-0.05, 0) is 67.9 Å². The van der Waals surface area contributed by atoms with Crippen molar-refractivity contribution in [1.82, 2.24) is 10.6 Å². The van der Waals surface area contributed by atoms with E-state index in [1.165, 1.54) is 0 Å². The molecule has 3 rings (SSSR count). The Morgan fingerprint density at radius 2 is 1.81 bits per heavy atom. The van der Waals surface area contributed by atoms with E-state index in [0.29, 0.717) is 10.7 Å². The molecule has 0 aromatic heterocycles. The summed E-state index contributed by atoms with van der Waals surface area (Å²) < 4.78 is 0.986. The van der Waals surface area contributed by atoms with Crippen LogP contribution in [0.3, 0.4) is 0 Å². The van der Waals surface area contributed by atoms with Crippen LogP contribution in [-0.4, -0.2) is 11.0 Å². The lowest BCUT2D eigenvalue weighted by Gasteiger charge is -2.30. The van der Waals surface area contributed by atoms with Gasteiger partial charge in [-0.3, -0.25) is 4.79 Å². The molecule has 134 valence electrons. The minimum Gasteiger partial charge on any atom is -0.351 e. The molecule has 3 N–H and O–H groups in total. The molecule has 2 aromatic rings. The Labute approximate surface area is 167 Å². The van der Waals surface area contributed by atoms with Crippen LogP contribution in [0.4, 0.5) is 5.69 Å². The van der Waals surface area contributed by atoms with Crippen LogP contribution in [0, 0.1) is 13.8 Å². The van der Waals surface area contributed by atoms with E-state index in [1.807, 2.05) is 63.2 Å². The Kier molecular flexibility index (Phi) is 5.44. The highest BCUT2D eigenvalue weighted by Crippen LogP contribution is 2.29. The Morgan fingerprint density at radius 1 is 1.12 bits per heavy atom. The fraction of sp³-hybridized carbons (Fsp3) is 0.200. The van der Waals surface area contributed by atoms with Crippen molar-refractivity contribution in [3.8, 4) is 0 Å². The molecule has 0 aliphatic carbocycles. The monoisotopic (exact) mass is 429 g/mol. The number of amides is 1. The highest BCUT2D eigenvalue weighted by Gasteiger charge is 2.30. The van der Waals surface area contributed by atoms with Crippen LogP contribution < -0.4 is 16.0 Å². The number of anilines is 1. The highest BCUT2D eigenvalue weighted by molar-refractivity contribution is 9.10. The smallest absolute Gasteiger partial charge is 0.255 e. The van der Waals surface area contributed by atoms with Crippen molar-refractivity contribution < 1.29 is 4.79 Å². The molecule has 0 fully saturated rings. The molecule has 6 heteroatoms. The number of thiocarbonyl (C=S) groups is 1. The van der Waals surface area contributed by atoms with Crippen molar-refractivity contribution in [2.24, 2.45) is 0 Å². The molecule has 1 heterocycles. The van der Waals surface area contributed by atoms with Gasteiger partial charge in [0.2, 0.25) is 0 Å². The summed E-state index contributed by atoms with van der Waals surface area (Å²) in [5.74, 6) is -0.147. The largest absolute Gasteiger partial charge is 0.351 e. The summed E-state index contributed by atoms with van der Waals surface area (Å²) in [6, 6.07) is 13.6. The number of hydrogen-bond donors (Lipinski definition) is 3. The Bertz CT molecular complexity index is 906. The van der Waals surface area contributed by atoms with E-state index in [4.69, 9.17) is 12.2 Å². The Hall–Kier alpha value is -2.18. The fourth-order valence-electron chi connectivity index (χ4n) is 2.96. The van der Waals surface area contributed by atoms with Crippen LogP contribution >= 0.6 is 28.1 Å². The van der Waals surface area contributed by atoms with Gasteiger partial charge in [0.25, 0.3) is 5.91 Å². The molecule has 0 spiro atoms. The third kappa shape index (κ3) is 3.97. The maximum Gasteiger partial charge on any atom is 0.255 e. The van der Waals surface area contributed by atoms with E-state index in [2.05, 4.69) is 31.9 Å². The van der Waals surface area contributed by atoms with Crippen LogP contribution in [0.15, 0.2) is 58.2 Å². The lowest BCUT2D eigenvalue weighted by atomic mass is 9.95. The highest BCUT2D eigenvalue weighted by atomic mass is 79.9. The fourth-order valence-corrected chi connectivity index (χ4v) is 3.50. The molecule has 26 heavy (non-hydrogen) atoms. The second-order valence-corrected chi connectivity index (χ2v) is 7.72. The first-order chi connectivity index (χ1) is 12.3. The lowest BCUT2D eigenvalue weighted by Crippen LogP contribution is -2.45. The van der Waals surface area contributed by atoms with Crippen LogP contribution in [0.2, 0.25) is 0 Å². The summed E-state index contributed by atoms with van der Waals surface area (Å²) in [4.78, 5) is 13.1. The number of benzene rings is 2. The third-order valence-electron chi connectivity index (χ3n) is 4.36. The number of halogens is 1. The number of hydrogen-bond acceptors (Lipinski definition) is 2. The predicted octanol–water partition coefficient (Wildman–Crippen LogP) is 4.50. The molecular weight excluding hydrogens is 410 g/mol. The summed E-state index contributed by atoms with van der Waals surface area (Å²) in [5, 5.41) is 9.84. The summed E-state index contributed by atoms with van der Waals surface area (Å²) in [7, 11) is 0. The van der Waals surface area contributed by atoms with Crippen molar-refractivity contribution in [3.05, 3.63) is 74.9 Å². The van der Waals surface area contributed by atoms with Gasteiger partial charge in [0, 0.05) is 15.9 Å². The van der Waals surface area contributed by atoms with Crippen LogP contribution in [0.5, 0.6) is 0 Å². The van der Waals surface area contributed by atoms with E-state index >= 15 is 0 Å². The zero-order valence-corrected chi connectivity index (χ0v) is 17.2. The van der Waals surface area contributed by atoms with Crippen molar-refractivity contribution in [2.75, 3.05) is 5.32 Å². The Balaban J connectivity index is 1.96. The van der Waals surface area contributed by atoms with Crippen LogP contribution in [0.1, 0.15) is 29.7 Å². The second-order valence-electron chi connectivity index (χ2n) is 6.39. The molecule has 1 amide bonds. The normalized spacial score (nSPS) is 16.8. The zero-order chi connectivity index (χ0) is 18.8. The molecule has 0 saturated heterocycles. The molecule has 4 nitrogen and oxygen atoms in total. The quantitative estimate of drug-likeness (QED) is 0.628.